The third-order valence-corrected chi connectivity index (χ3v) is 2.65. The van der Waals surface area contributed by atoms with Crippen LogP contribution in [0.3, 0.4) is 0 Å². The first-order chi connectivity index (χ1) is 6.18. The van der Waals surface area contributed by atoms with Crippen LogP contribution in [-0.4, -0.2) is 11.2 Å². The second kappa shape index (κ2) is 3.17. The van der Waals surface area contributed by atoms with Gasteiger partial charge in [0.05, 0.1) is 6.10 Å². The molecule has 0 saturated heterocycles. The highest BCUT2D eigenvalue weighted by Gasteiger charge is 2.21. The van der Waals surface area contributed by atoms with Crippen molar-refractivity contribution >= 4 is 17.7 Å². The Hall–Kier alpha value is -0.790. The molecule has 0 spiro atoms. The Balaban J connectivity index is 2.45. The average Bonchev–Trinajstić information content (AvgIpc) is 2.46. The van der Waals surface area contributed by atoms with E-state index >= 15 is 0 Å². The maximum Gasteiger partial charge on any atom is 0.0615 e. The summed E-state index contributed by atoms with van der Waals surface area (Å²) in [7, 11) is 0. The van der Waals surface area contributed by atoms with Crippen LogP contribution in [0.1, 0.15) is 24.0 Å². The second-order valence-electron chi connectivity index (χ2n) is 3.40. The van der Waals surface area contributed by atoms with Crippen molar-refractivity contribution in [3.63, 3.8) is 0 Å². The van der Waals surface area contributed by atoms with Gasteiger partial charge in [-0.1, -0.05) is 29.8 Å². The number of aliphatic hydroxyl groups is 1. The van der Waals surface area contributed by atoms with Crippen molar-refractivity contribution in [2.24, 2.45) is 0 Å². The molecule has 0 amide bonds. The van der Waals surface area contributed by atoms with Gasteiger partial charge in [0.1, 0.15) is 0 Å². The molecule has 1 nitrogen and oxygen atoms in total. The number of aliphatic hydroxyl groups excluding tert-OH is 1. The summed E-state index contributed by atoms with van der Waals surface area (Å²) in [4.78, 5) is 0. The number of rotatable bonds is 1. The zero-order chi connectivity index (χ0) is 9.42. The topological polar surface area (TPSA) is 20.2 Å². The lowest BCUT2D eigenvalue weighted by Gasteiger charge is -2.13. The van der Waals surface area contributed by atoms with Gasteiger partial charge in [0.15, 0.2) is 0 Å². The zero-order valence-electron chi connectivity index (χ0n) is 7.37. The fraction of sp³-hybridized carbons (Fsp3) is 0.273. The number of hydrogen-bond donors (Lipinski definition) is 1. The van der Waals surface area contributed by atoms with Crippen molar-refractivity contribution in [2.75, 3.05) is 0 Å². The molecule has 1 aromatic carbocycles. The van der Waals surface area contributed by atoms with Crippen LogP contribution in [0.25, 0.3) is 6.08 Å². The molecule has 2 atom stereocenters. The Kier molecular flexibility index (Phi) is 2.14. The van der Waals surface area contributed by atoms with Crippen molar-refractivity contribution in [3.05, 3.63) is 40.4 Å². The van der Waals surface area contributed by atoms with Crippen LogP contribution in [0.4, 0.5) is 0 Å². The molecule has 68 valence electrons. The molecule has 0 radical (unpaired) electrons. The maximum atomic E-state index is 9.50. The van der Waals surface area contributed by atoms with E-state index in [0.29, 0.717) is 0 Å². The Morgan fingerprint density at radius 3 is 2.92 bits per heavy atom. The van der Waals surface area contributed by atoms with Crippen LogP contribution < -0.4 is 0 Å². The zero-order valence-corrected chi connectivity index (χ0v) is 8.12. The highest BCUT2D eigenvalue weighted by molar-refractivity contribution is 6.30. The first-order valence-corrected chi connectivity index (χ1v) is 4.72. The van der Waals surface area contributed by atoms with Gasteiger partial charge in [0.25, 0.3) is 0 Å². The lowest BCUT2D eigenvalue weighted by Crippen LogP contribution is -2.10. The lowest BCUT2D eigenvalue weighted by atomic mass is 9.96. The van der Waals surface area contributed by atoms with Gasteiger partial charge in [-0.05, 0) is 30.2 Å². The average molecular weight is 195 g/mol. The van der Waals surface area contributed by atoms with E-state index in [4.69, 9.17) is 11.6 Å². The molecule has 2 unspecified atom stereocenters. The highest BCUT2D eigenvalue weighted by atomic mass is 35.5. The van der Waals surface area contributed by atoms with E-state index in [1.165, 1.54) is 0 Å². The normalized spacial score (nSPS) is 21.6. The Morgan fingerprint density at radius 1 is 1.46 bits per heavy atom. The minimum atomic E-state index is -0.351. The predicted molar refractivity (Wildman–Crippen MR) is 54.9 cm³/mol. The summed E-state index contributed by atoms with van der Waals surface area (Å²) in [6, 6.07) is 5.78. The van der Waals surface area contributed by atoms with Crippen LogP contribution in [0.5, 0.6) is 0 Å². The predicted octanol–water partition coefficient (Wildman–Crippen LogP) is 2.83. The summed E-state index contributed by atoms with van der Waals surface area (Å²) in [6.07, 6.45) is 3.70. The van der Waals surface area contributed by atoms with Crippen LogP contribution in [0, 0.1) is 0 Å². The van der Waals surface area contributed by atoms with Gasteiger partial charge in [-0.25, -0.2) is 0 Å². The van der Waals surface area contributed by atoms with E-state index in [2.05, 4.69) is 0 Å². The quantitative estimate of drug-likeness (QED) is 0.729. The standard InChI is InChI=1S/C11H11ClO/c1-7(13)10-5-3-8-2-4-9(12)6-11(8)10/h2-7,10,13H,1H3. The fourth-order valence-corrected chi connectivity index (χ4v) is 1.90. The first-order valence-electron chi connectivity index (χ1n) is 4.34. The third kappa shape index (κ3) is 1.50. The molecule has 0 bridgehead atoms. The van der Waals surface area contributed by atoms with Crippen molar-refractivity contribution in [1.29, 1.82) is 0 Å². The molecule has 0 aliphatic heterocycles. The van der Waals surface area contributed by atoms with Crippen LogP contribution in [0.15, 0.2) is 24.3 Å². The summed E-state index contributed by atoms with van der Waals surface area (Å²) in [5, 5.41) is 10.2. The molecule has 0 fully saturated rings. The van der Waals surface area contributed by atoms with E-state index in [0.717, 1.165) is 16.1 Å². The van der Waals surface area contributed by atoms with Gasteiger partial charge in [-0.2, -0.15) is 0 Å². The number of halogens is 1. The van der Waals surface area contributed by atoms with Crippen LogP contribution in [-0.2, 0) is 0 Å². The summed E-state index contributed by atoms with van der Waals surface area (Å²) in [6.45, 7) is 1.80. The monoisotopic (exact) mass is 194 g/mol. The molecular formula is C11H11ClO. The molecular weight excluding hydrogens is 184 g/mol. The largest absolute Gasteiger partial charge is 0.392 e. The lowest BCUT2D eigenvalue weighted by molar-refractivity contribution is 0.180. The smallest absolute Gasteiger partial charge is 0.0615 e. The van der Waals surface area contributed by atoms with Gasteiger partial charge in [-0.15, -0.1) is 0 Å². The molecule has 1 N–H and O–H groups in total. The Morgan fingerprint density at radius 2 is 2.23 bits per heavy atom. The van der Waals surface area contributed by atoms with E-state index in [9.17, 15) is 5.11 Å². The molecule has 2 rings (SSSR count). The maximum absolute atomic E-state index is 9.50. The van der Waals surface area contributed by atoms with Gasteiger partial charge in [-0.3, -0.25) is 0 Å². The minimum Gasteiger partial charge on any atom is -0.392 e. The number of fused-ring (bicyclic) bond motifs is 1. The second-order valence-corrected chi connectivity index (χ2v) is 3.84. The fourth-order valence-electron chi connectivity index (χ4n) is 1.72. The van der Waals surface area contributed by atoms with Gasteiger partial charge in [0, 0.05) is 10.9 Å². The molecule has 0 heterocycles. The van der Waals surface area contributed by atoms with Crippen molar-refractivity contribution in [3.8, 4) is 0 Å². The number of benzene rings is 1. The van der Waals surface area contributed by atoms with Gasteiger partial charge >= 0.3 is 0 Å². The SMILES string of the molecule is CC(O)C1C=Cc2ccc(Cl)cc21. The number of hydrogen-bond acceptors (Lipinski definition) is 1. The summed E-state index contributed by atoms with van der Waals surface area (Å²) in [5.41, 5.74) is 2.29. The summed E-state index contributed by atoms with van der Waals surface area (Å²) < 4.78 is 0. The molecule has 13 heavy (non-hydrogen) atoms. The molecule has 0 aromatic heterocycles. The van der Waals surface area contributed by atoms with Crippen molar-refractivity contribution in [1.82, 2.24) is 0 Å². The highest BCUT2D eigenvalue weighted by Crippen LogP contribution is 2.33. The molecule has 0 saturated carbocycles. The summed E-state index contributed by atoms with van der Waals surface area (Å²) in [5.74, 6) is 0.105. The van der Waals surface area contributed by atoms with E-state index in [1.54, 1.807) is 6.92 Å². The van der Waals surface area contributed by atoms with Crippen molar-refractivity contribution < 1.29 is 5.11 Å². The molecule has 2 heteroatoms. The molecule has 1 aromatic rings. The third-order valence-electron chi connectivity index (χ3n) is 2.41. The minimum absolute atomic E-state index is 0.105. The van der Waals surface area contributed by atoms with Crippen LogP contribution in [0.2, 0.25) is 5.02 Å². The molecule has 1 aliphatic carbocycles. The van der Waals surface area contributed by atoms with Gasteiger partial charge < -0.3 is 5.11 Å². The Labute approximate surface area is 82.7 Å². The van der Waals surface area contributed by atoms with E-state index in [1.807, 2.05) is 30.4 Å². The molecule has 1 aliphatic rings. The van der Waals surface area contributed by atoms with Gasteiger partial charge in [0.2, 0.25) is 0 Å². The van der Waals surface area contributed by atoms with E-state index in [-0.39, 0.29) is 12.0 Å². The van der Waals surface area contributed by atoms with E-state index < -0.39 is 0 Å². The Bertz CT molecular complexity index is 355. The van der Waals surface area contributed by atoms with Crippen LogP contribution >= 0.6 is 11.6 Å². The van der Waals surface area contributed by atoms with Crippen molar-refractivity contribution in [2.45, 2.75) is 18.9 Å². The first kappa shape index (κ1) is 8.79. The summed E-state index contributed by atoms with van der Waals surface area (Å²) >= 11 is 5.88.